The largest absolute Gasteiger partial charge is 0.327 e. The molecule has 1 aromatic carbocycles. The fourth-order valence-electron chi connectivity index (χ4n) is 2.51. The molecule has 0 bridgehead atoms. The molecule has 1 aliphatic rings. The van der Waals surface area contributed by atoms with Crippen molar-refractivity contribution in [2.75, 3.05) is 11.9 Å². The van der Waals surface area contributed by atoms with Gasteiger partial charge in [0.05, 0.1) is 5.92 Å². The molecule has 17 heavy (non-hydrogen) atoms. The molecule has 2 N–H and O–H groups in total. The van der Waals surface area contributed by atoms with Crippen molar-refractivity contribution < 1.29 is 4.79 Å². The van der Waals surface area contributed by atoms with Crippen molar-refractivity contribution in [3.63, 3.8) is 0 Å². The molecule has 1 saturated carbocycles. The Hall–Kier alpha value is -1.35. The highest BCUT2D eigenvalue weighted by Crippen LogP contribution is 2.27. The smallest absolute Gasteiger partial charge is 0.231 e. The van der Waals surface area contributed by atoms with Gasteiger partial charge in [-0.3, -0.25) is 4.79 Å². The number of hydrogen-bond acceptors (Lipinski definition) is 2. The van der Waals surface area contributed by atoms with Crippen LogP contribution >= 0.6 is 0 Å². The standard InChI is InChI=1S/C14H20N2O/c1-10-5-3-6-11(9-10)16(2)14(17)12-7-4-8-13(12)15/h3,5-6,9,12-13H,4,7-8,15H2,1-2H3. The van der Waals surface area contributed by atoms with Crippen LogP contribution in [0.1, 0.15) is 24.8 Å². The summed E-state index contributed by atoms with van der Waals surface area (Å²) in [6, 6.07) is 8.03. The monoisotopic (exact) mass is 232 g/mol. The zero-order valence-electron chi connectivity index (χ0n) is 10.5. The maximum Gasteiger partial charge on any atom is 0.231 e. The van der Waals surface area contributed by atoms with Crippen molar-refractivity contribution in [2.45, 2.75) is 32.2 Å². The van der Waals surface area contributed by atoms with Crippen LogP contribution < -0.4 is 10.6 Å². The second-order valence-corrected chi connectivity index (χ2v) is 4.94. The van der Waals surface area contributed by atoms with Gasteiger partial charge in [0, 0.05) is 18.8 Å². The first kappa shape index (κ1) is 12.1. The summed E-state index contributed by atoms with van der Waals surface area (Å²) in [6.07, 6.45) is 2.97. The van der Waals surface area contributed by atoms with E-state index in [0.29, 0.717) is 0 Å². The van der Waals surface area contributed by atoms with E-state index in [1.807, 2.05) is 38.2 Å². The Kier molecular flexibility index (Phi) is 3.48. The molecular formula is C14H20N2O. The molecule has 2 unspecified atom stereocenters. The van der Waals surface area contributed by atoms with Crippen LogP contribution in [0.5, 0.6) is 0 Å². The van der Waals surface area contributed by atoms with Crippen molar-refractivity contribution >= 4 is 11.6 Å². The average molecular weight is 232 g/mol. The molecule has 0 aliphatic heterocycles. The molecule has 92 valence electrons. The molecule has 0 heterocycles. The van der Waals surface area contributed by atoms with Crippen molar-refractivity contribution in [2.24, 2.45) is 11.7 Å². The lowest BCUT2D eigenvalue weighted by atomic mass is 10.0. The molecule has 1 aliphatic carbocycles. The van der Waals surface area contributed by atoms with Gasteiger partial charge in [-0.05, 0) is 37.5 Å². The number of aryl methyl sites for hydroxylation is 1. The number of benzene rings is 1. The Morgan fingerprint density at radius 3 is 2.76 bits per heavy atom. The second kappa shape index (κ2) is 4.88. The van der Waals surface area contributed by atoms with E-state index < -0.39 is 0 Å². The van der Waals surface area contributed by atoms with Crippen LogP contribution in [0.2, 0.25) is 0 Å². The highest BCUT2D eigenvalue weighted by Gasteiger charge is 2.32. The summed E-state index contributed by atoms with van der Waals surface area (Å²) in [7, 11) is 1.84. The van der Waals surface area contributed by atoms with E-state index in [4.69, 9.17) is 5.73 Å². The Labute approximate surface area is 103 Å². The quantitative estimate of drug-likeness (QED) is 0.848. The van der Waals surface area contributed by atoms with Gasteiger partial charge in [-0.25, -0.2) is 0 Å². The maximum absolute atomic E-state index is 12.3. The van der Waals surface area contributed by atoms with Crippen LogP contribution in [0.15, 0.2) is 24.3 Å². The van der Waals surface area contributed by atoms with Gasteiger partial charge in [-0.15, -0.1) is 0 Å². The number of nitrogens with zero attached hydrogens (tertiary/aromatic N) is 1. The van der Waals surface area contributed by atoms with Crippen molar-refractivity contribution in [3.8, 4) is 0 Å². The van der Waals surface area contributed by atoms with Gasteiger partial charge in [0.15, 0.2) is 0 Å². The number of rotatable bonds is 2. The molecule has 0 spiro atoms. The zero-order chi connectivity index (χ0) is 12.4. The van der Waals surface area contributed by atoms with Crippen LogP contribution in [-0.2, 0) is 4.79 Å². The van der Waals surface area contributed by atoms with Crippen LogP contribution in [-0.4, -0.2) is 19.0 Å². The minimum absolute atomic E-state index is 0.000474. The summed E-state index contributed by atoms with van der Waals surface area (Å²) in [5.74, 6) is 0.154. The van der Waals surface area contributed by atoms with Crippen molar-refractivity contribution in [1.82, 2.24) is 0 Å². The molecule has 1 fully saturated rings. The molecule has 0 aromatic heterocycles. The first-order valence-electron chi connectivity index (χ1n) is 6.19. The molecule has 0 saturated heterocycles. The van der Waals surface area contributed by atoms with E-state index in [0.717, 1.165) is 30.5 Å². The SMILES string of the molecule is Cc1cccc(N(C)C(=O)C2CCCC2N)c1. The molecule has 2 atom stereocenters. The fourth-order valence-corrected chi connectivity index (χ4v) is 2.51. The number of carbonyl (C=O) groups is 1. The lowest BCUT2D eigenvalue weighted by molar-refractivity contribution is -0.122. The third-order valence-electron chi connectivity index (χ3n) is 3.61. The number of anilines is 1. The summed E-state index contributed by atoms with van der Waals surface area (Å²) in [4.78, 5) is 14.1. The van der Waals surface area contributed by atoms with Gasteiger partial charge in [0.1, 0.15) is 0 Å². The highest BCUT2D eigenvalue weighted by atomic mass is 16.2. The van der Waals surface area contributed by atoms with Gasteiger partial charge >= 0.3 is 0 Å². The normalized spacial score (nSPS) is 23.7. The molecule has 3 heteroatoms. The van der Waals surface area contributed by atoms with Crippen LogP contribution in [0, 0.1) is 12.8 Å². The summed E-state index contributed by atoms with van der Waals surface area (Å²) in [5.41, 5.74) is 8.10. The predicted octanol–water partition coefficient (Wildman–Crippen LogP) is 2.09. The van der Waals surface area contributed by atoms with E-state index in [-0.39, 0.29) is 17.9 Å². The van der Waals surface area contributed by atoms with Crippen LogP contribution in [0.3, 0.4) is 0 Å². The number of amides is 1. The minimum atomic E-state index is 0.000474. The zero-order valence-corrected chi connectivity index (χ0v) is 10.5. The molecule has 1 aromatic rings. The first-order chi connectivity index (χ1) is 8.09. The van der Waals surface area contributed by atoms with E-state index in [1.165, 1.54) is 0 Å². The van der Waals surface area contributed by atoms with Crippen molar-refractivity contribution in [3.05, 3.63) is 29.8 Å². The number of nitrogens with two attached hydrogens (primary N) is 1. The van der Waals surface area contributed by atoms with E-state index in [1.54, 1.807) is 4.90 Å². The van der Waals surface area contributed by atoms with Gasteiger partial charge < -0.3 is 10.6 Å². The number of hydrogen-bond donors (Lipinski definition) is 1. The molecular weight excluding hydrogens is 212 g/mol. The predicted molar refractivity (Wildman–Crippen MR) is 69.9 cm³/mol. The van der Waals surface area contributed by atoms with Gasteiger partial charge in [-0.1, -0.05) is 18.6 Å². The second-order valence-electron chi connectivity index (χ2n) is 4.94. The minimum Gasteiger partial charge on any atom is -0.327 e. The molecule has 0 radical (unpaired) electrons. The first-order valence-corrected chi connectivity index (χ1v) is 6.19. The molecule has 2 rings (SSSR count). The van der Waals surface area contributed by atoms with Gasteiger partial charge in [0.25, 0.3) is 0 Å². The van der Waals surface area contributed by atoms with Crippen LogP contribution in [0.25, 0.3) is 0 Å². The highest BCUT2D eigenvalue weighted by molar-refractivity contribution is 5.95. The third kappa shape index (κ3) is 2.50. The van der Waals surface area contributed by atoms with E-state index in [2.05, 4.69) is 0 Å². The fraction of sp³-hybridized carbons (Fsp3) is 0.500. The summed E-state index contributed by atoms with van der Waals surface area (Å²) < 4.78 is 0. The summed E-state index contributed by atoms with van der Waals surface area (Å²) in [5, 5.41) is 0. The third-order valence-corrected chi connectivity index (χ3v) is 3.61. The lowest BCUT2D eigenvalue weighted by Gasteiger charge is -2.23. The Bertz CT molecular complexity index is 416. The van der Waals surface area contributed by atoms with Crippen molar-refractivity contribution in [1.29, 1.82) is 0 Å². The van der Waals surface area contributed by atoms with Gasteiger partial charge in [0.2, 0.25) is 5.91 Å². The molecule has 1 amide bonds. The Morgan fingerprint density at radius 1 is 1.41 bits per heavy atom. The van der Waals surface area contributed by atoms with E-state index in [9.17, 15) is 4.79 Å². The Morgan fingerprint density at radius 2 is 2.18 bits per heavy atom. The summed E-state index contributed by atoms with van der Waals surface area (Å²) >= 11 is 0. The Balaban J connectivity index is 2.14. The lowest BCUT2D eigenvalue weighted by Crippen LogP contribution is -2.39. The average Bonchev–Trinajstić information content (AvgIpc) is 2.73. The van der Waals surface area contributed by atoms with E-state index >= 15 is 0 Å². The molecule has 3 nitrogen and oxygen atoms in total. The van der Waals surface area contributed by atoms with Gasteiger partial charge in [-0.2, -0.15) is 0 Å². The maximum atomic E-state index is 12.3. The number of carbonyl (C=O) groups excluding carboxylic acids is 1. The van der Waals surface area contributed by atoms with Crippen LogP contribution in [0.4, 0.5) is 5.69 Å². The summed E-state index contributed by atoms with van der Waals surface area (Å²) in [6.45, 7) is 2.03. The topological polar surface area (TPSA) is 46.3 Å².